The van der Waals surface area contributed by atoms with Crippen LogP contribution in [0.1, 0.15) is 0 Å². The van der Waals surface area contributed by atoms with Crippen molar-refractivity contribution < 1.29 is 0 Å². The van der Waals surface area contributed by atoms with Gasteiger partial charge in [-0.05, 0) is 12.1 Å². The molecule has 0 saturated heterocycles. The van der Waals surface area contributed by atoms with Crippen molar-refractivity contribution in [1.82, 2.24) is 0 Å². The highest BCUT2D eigenvalue weighted by atomic mass is 35.5. The van der Waals surface area contributed by atoms with Crippen molar-refractivity contribution in [3.8, 4) is 0 Å². The molecule has 0 aliphatic carbocycles. The van der Waals surface area contributed by atoms with Crippen LogP contribution in [0.3, 0.4) is 0 Å². The van der Waals surface area contributed by atoms with Gasteiger partial charge in [-0.3, -0.25) is 0 Å². The molecule has 0 fully saturated rings. The lowest BCUT2D eigenvalue weighted by molar-refractivity contribution is 1.75. The summed E-state index contributed by atoms with van der Waals surface area (Å²) in [6, 6.07) is 8.10. The Morgan fingerprint density at radius 3 is 2.00 bits per heavy atom. The molecule has 0 N–H and O–H groups in total. The molecule has 0 saturated carbocycles. The van der Waals surface area contributed by atoms with Crippen LogP contribution in [-0.2, 0) is 0 Å². The van der Waals surface area contributed by atoms with Crippen molar-refractivity contribution in [1.29, 1.82) is 0 Å². The minimum atomic E-state index is -0.938. The van der Waals surface area contributed by atoms with Crippen LogP contribution < -0.4 is 5.30 Å². The Labute approximate surface area is 73.9 Å². The van der Waals surface area contributed by atoms with Crippen LogP contribution in [0.25, 0.3) is 0 Å². The number of hydrogen-bond donors (Lipinski definition) is 0. The zero-order valence-corrected chi connectivity index (χ0v) is 8.78. The van der Waals surface area contributed by atoms with Gasteiger partial charge in [0.05, 0.1) is 25.0 Å². The number of rotatable bonds is 1. The van der Waals surface area contributed by atoms with Gasteiger partial charge in [-0.25, -0.2) is 0 Å². The van der Waals surface area contributed by atoms with E-state index in [0.717, 1.165) is 5.02 Å². The van der Waals surface area contributed by atoms with Crippen LogP contribution in [0.4, 0.5) is 0 Å². The molecule has 0 heterocycles. The lowest BCUT2D eigenvalue weighted by Gasteiger charge is -2.12. The Kier molecular flexibility index (Phi) is 2.57. The van der Waals surface area contributed by atoms with Crippen LogP contribution >= 0.6 is 18.9 Å². The summed E-state index contributed by atoms with van der Waals surface area (Å²) in [6.45, 7) is 6.82. The lowest BCUT2D eigenvalue weighted by atomic mass is 10.4. The Morgan fingerprint density at radius 1 is 1.09 bits per heavy atom. The summed E-state index contributed by atoms with van der Waals surface area (Å²) in [7, 11) is -0.938. The summed E-state index contributed by atoms with van der Waals surface area (Å²) in [4.78, 5) is 0. The van der Waals surface area contributed by atoms with Crippen molar-refractivity contribution in [3.05, 3.63) is 29.3 Å². The molecule has 11 heavy (non-hydrogen) atoms. The summed E-state index contributed by atoms with van der Waals surface area (Å²) >= 11 is 6.04. The average Bonchev–Trinajstić information content (AvgIpc) is 1.86. The lowest BCUT2D eigenvalue weighted by Crippen LogP contribution is -2.08. The Balaban J connectivity index is 3.14. The molecule has 0 atom stereocenters. The van der Waals surface area contributed by atoms with Crippen molar-refractivity contribution in [2.24, 2.45) is 0 Å². The fraction of sp³-hybridized carbons (Fsp3) is 0.333. The van der Waals surface area contributed by atoms with E-state index in [1.54, 1.807) is 0 Å². The maximum Gasteiger partial charge on any atom is 0.111 e. The van der Waals surface area contributed by atoms with Gasteiger partial charge < -0.3 is 0 Å². The molecular weight excluding hydrogens is 175 g/mol. The van der Waals surface area contributed by atoms with Crippen LogP contribution in [0.15, 0.2) is 24.3 Å². The van der Waals surface area contributed by atoms with Crippen molar-refractivity contribution >= 4 is 24.2 Å². The van der Waals surface area contributed by atoms with Crippen LogP contribution in [0, 0.1) is 0 Å². The molecule has 0 amide bonds. The average molecular weight is 188 g/mol. The fourth-order valence-electron chi connectivity index (χ4n) is 0.996. The van der Waals surface area contributed by atoms with Gasteiger partial charge in [0.25, 0.3) is 0 Å². The third-order valence-electron chi connectivity index (χ3n) is 1.58. The molecule has 1 aromatic rings. The van der Waals surface area contributed by atoms with Crippen LogP contribution in [0.5, 0.6) is 0 Å². The molecule has 0 unspecified atom stereocenters. The molecule has 60 valence electrons. The number of benzene rings is 1. The second kappa shape index (κ2) is 3.13. The molecule has 1 rings (SSSR count). The Hall–Kier alpha value is -0.0600. The summed E-state index contributed by atoms with van der Waals surface area (Å²) in [5.41, 5.74) is 0. The molecule has 0 spiro atoms. The van der Waals surface area contributed by atoms with Crippen LogP contribution in [-0.4, -0.2) is 20.0 Å². The minimum absolute atomic E-state index is 0.910. The molecule has 2 heteroatoms. The quantitative estimate of drug-likeness (QED) is 0.593. The van der Waals surface area contributed by atoms with E-state index in [4.69, 9.17) is 11.6 Å². The van der Waals surface area contributed by atoms with Gasteiger partial charge in [-0.1, -0.05) is 23.7 Å². The van der Waals surface area contributed by atoms with Gasteiger partial charge in [0.15, 0.2) is 0 Å². The highest BCUT2D eigenvalue weighted by molar-refractivity contribution is 7.81. The summed E-state index contributed by atoms with van der Waals surface area (Å²) in [5, 5.41) is 2.23. The third kappa shape index (κ3) is 2.18. The van der Waals surface area contributed by atoms with Gasteiger partial charge >= 0.3 is 0 Å². The maximum absolute atomic E-state index is 6.04. The highest BCUT2D eigenvalue weighted by Crippen LogP contribution is 2.46. The van der Waals surface area contributed by atoms with E-state index in [0.29, 0.717) is 0 Å². The first-order valence-electron chi connectivity index (χ1n) is 3.58. The first-order chi connectivity index (χ1) is 5.02. The van der Waals surface area contributed by atoms with Crippen molar-refractivity contribution in [2.45, 2.75) is 0 Å². The van der Waals surface area contributed by atoms with Crippen molar-refractivity contribution in [3.63, 3.8) is 0 Å². The predicted molar refractivity (Wildman–Crippen MR) is 55.8 cm³/mol. The summed E-state index contributed by atoms with van der Waals surface area (Å²) < 4.78 is 0. The van der Waals surface area contributed by atoms with Gasteiger partial charge in [0.1, 0.15) is 5.30 Å². The van der Waals surface area contributed by atoms with Crippen molar-refractivity contribution in [2.75, 3.05) is 20.0 Å². The maximum atomic E-state index is 6.04. The summed E-state index contributed by atoms with van der Waals surface area (Å²) in [6.07, 6.45) is 0. The SMILES string of the molecule is C[P+](C)(C)c1ccccc1Cl. The van der Waals surface area contributed by atoms with Gasteiger partial charge in [0.2, 0.25) is 0 Å². The van der Waals surface area contributed by atoms with E-state index >= 15 is 0 Å². The smallest absolute Gasteiger partial charge is 0.0800 e. The first kappa shape index (κ1) is 9.03. The van der Waals surface area contributed by atoms with E-state index in [1.807, 2.05) is 18.2 Å². The predicted octanol–water partition coefficient (Wildman–Crippen LogP) is 2.87. The monoisotopic (exact) mass is 187 g/mol. The number of hydrogen-bond acceptors (Lipinski definition) is 0. The second-order valence-corrected chi connectivity index (χ2v) is 8.38. The zero-order valence-electron chi connectivity index (χ0n) is 7.13. The first-order valence-corrected chi connectivity index (χ1v) is 7.09. The summed E-state index contributed by atoms with van der Waals surface area (Å²) in [5.74, 6) is 0. The molecule has 0 aromatic heterocycles. The van der Waals surface area contributed by atoms with E-state index < -0.39 is 7.26 Å². The van der Waals surface area contributed by atoms with E-state index in [2.05, 4.69) is 26.1 Å². The molecule has 0 aliphatic rings. The topological polar surface area (TPSA) is 0 Å². The molecule has 0 radical (unpaired) electrons. The Bertz CT molecular complexity index is 250. The Morgan fingerprint density at radius 2 is 1.64 bits per heavy atom. The van der Waals surface area contributed by atoms with Crippen LogP contribution in [0.2, 0.25) is 5.02 Å². The molecule has 0 aliphatic heterocycles. The largest absolute Gasteiger partial charge is 0.111 e. The fourth-order valence-corrected chi connectivity index (χ4v) is 3.14. The molecular formula is C9H13ClP+. The number of halogens is 1. The van der Waals surface area contributed by atoms with E-state index in [1.165, 1.54) is 5.30 Å². The second-order valence-electron chi connectivity index (χ2n) is 3.46. The highest BCUT2D eigenvalue weighted by Gasteiger charge is 2.23. The third-order valence-corrected chi connectivity index (χ3v) is 3.87. The van der Waals surface area contributed by atoms with Gasteiger partial charge in [-0.2, -0.15) is 0 Å². The van der Waals surface area contributed by atoms with Gasteiger partial charge in [-0.15, -0.1) is 0 Å². The van der Waals surface area contributed by atoms with E-state index in [-0.39, 0.29) is 0 Å². The standard InChI is InChI=1S/C9H13ClP/c1-11(2,3)9-7-5-4-6-8(9)10/h4-7H,1-3H3/q+1. The normalized spacial score (nSPS) is 11.6. The minimum Gasteiger partial charge on any atom is -0.0800 e. The molecule has 0 bridgehead atoms. The molecule has 0 nitrogen and oxygen atoms in total. The molecule has 1 aromatic carbocycles. The van der Waals surface area contributed by atoms with Gasteiger partial charge in [0, 0.05) is 7.26 Å². The zero-order chi connectivity index (χ0) is 8.48. The van der Waals surface area contributed by atoms with E-state index in [9.17, 15) is 0 Å².